The average molecular weight is 589 g/mol. The van der Waals surface area contributed by atoms with Crippen LogP contribution < -0.4 is 0 Å². The number of fused-ring (bicyclic) bond motifs is 1. The number of alkyl halides is 3. The van der Waals surface area contributed by atoms with E-state index in [1.54, 1.807) is 41.1 Å². The first-order valence-corrected chi connectivity index (χ1v) is 13.9. The predicted molar refractivity (Wildman–Crippen MR) is 161 cm³/mol. The van der Waals surface area contributed by atoms with Crippen LogP contribution in [0.3, 0.4) is 0 Å². The largest absolute Gasteiger partial charge is 0.435 e. The zero-order valence-corrected chi connectivity index (χ0v) is 23.2. The second-order valence-corrected chi connectivity index (χ2v) is 10.4. The fourth-order valence-electron chi connectivity index (χ4n) is 5.88. The summed E-state index contributed by atoms with van der Waals surface area (Å²) in [6.45, 7) is 0. The van der Waals surface area contributed by atoms with E-state index < -0.39 is 17.4 Å². The highest BCUT2D eigenvalue weighted by Crippen LogP contribution is 2.44. The fourth-order valence-corrected chi connectivity index (χ4v) is 5.88. The van der Waals surface area contributed by atoms with Gasteiger partial charge < -0.3 is 0 Å². The first-order valence-electron chi connectivity index (χ1n) is 13.9. The zero-order chi connectivity index (χ0) is 30.3. The second-order valence-electron chi connectivity index (χ2n) is 10.4. The summed E-state index contributed by atoms with van der Waals surface area (Å²) in [6, 6.07) is 37.4. The summed E-state index contributed by atoms with van der Waals surface area (Å²) >= 11 is 0. The topological polar surface area (TPSA) is 35.1 Å². The quantitative estimate of drug-likeness (QED) is 0.144. The summed E-state index contributed by atoms with van der Waals surface area (Å²) in [5.74, 6) is -0.385. The molecule has 4 nitrogen and oxygen atoms in total. The Bertz CT molecular complexity index is 1950. The van der Waals surface area contributed by atoms with Crippen molar-refractivity contribution in [2.24, 2.45) is 0 Å². The summed E-state index contributed by atoms with van der Waals surface area (Å²) in [4.78, 5) is 4.41. The molecule has 7 aromatic rings. The van der Waals surface area contributed by atoms with Gasteiger partial charge in [-0.1, -0.05) is 91.0 Å². The monoisotopic (exact) mass is 588 g/mol. The lowest BCUT2D eigenvalue weighted by atomic mass is 9.77. The van der Waals surface area contributed by atoms with Gasteiger partial charge in [-0.15, -0.1) is 0 Å². The highest BCUT2D eigenvalue weighted by atomic mass is 19.4. The van der Waals surface area contributed by atoms with Gasteiger partial charge in [0.05, 0.1) is 11.9 Å². The van der Waals surface area contributed by atoms with Crippen molar-refractivity contribution in [3.05, 3.63) is 174 Å². The number of hydrogen-bond donors (Lipinski definition) is 0. The van der Waals surface area contributed by atoms with Crippen LogP contribution in [-0.4, -0.2) is 19.2 Å². The second kappa shape index (κ2) is 10.6. The Morgan fingerprint density at radius 3 is 1.61 bits per heavy atom. The van der Waals surface area contributed by atoms with Crippen LogP contribution in [0.2, 0.25) is 0 Å². The number of imidazole rings is 1. The van der Waals surface area contributed by atoms with Crippen molar-refractivity contribution >= 4 is 5.65 Å². The maximum atomic E-state index is 14.8. The molecular formula is C36H24F4N4. The van der Waals surface area contributed by atoms with E-state index >= 15 is 0 Å². The Morgan fingerprint density at radius 2 is 1.09 bits per heavy atom. The van der Waals surface area contributed by atoms with Gasteiger partial charge in [-0.3, -0.25) is 9.08 Å². The van der Waals surface area contributed by atoms with Crippen molar-refractivity contribution in [1.29, 1.82) is 0 Å². The fraction of sp³-hybridized carbons (Fsp3) is 0.0556. The number of hydrogen-bond acceptors (Lipinski definition) is 2. The van der Waals surface area contributed by atoms with Gasteiger partial charge in [0.1, 0.15) is 17.0 Å². The zero-order valence-electron chi connectivity index (χ0n) is 23.2. The Balaban J connectivity index is 1.51. The van der Waals surface area contributed by atoms with Crippen molar-refractivity contribution in [1.82, 2.24) is 19.2 Å². The molecule has 8 heteroatoms. The molecule has 0 N–H and O–H groups in total. The third-order valence-electron chi connectivity index (χ3n) is 7.86. The van der Waals surface area contributed by atoms with E-state index in [9.17, 15) is 17.6 Å². The van der Waals surface area contributed by atoms with Crippen LogP contribution in [0.5, 0.6) is 0 Å². The van der Waals surface area contributed by atoms with Gasteiger partial charge in [-0.05, 0) is 53.1 Å². The molecule has 0 atom stereocenters. The van der Waals surface area contributed by atoms with Crippen LogP contribution in [-0.2, 0) is 11.7 Å². The highest BCUT2D eigenvalue weighted by molar-refractivity contribution is 5.71. The van der Waals surface area contributed by atoms with Crippen molar-refractivity contribution in [3.63, 3.8) is 0 Å². The summed E-state index contributed by atoms with van der Waals surface area (Å²) in [5, 5.41) is 4.34. The Kier molecular flexibility index (Phi) is 6.62. The molecule has 0 saturated carbocycles. The number of nitrogens with zero attached hydrogens (tertiary/aromatic N) is 4. The van der Waals surface area contributed by atoms with Crippen LogP contribution in [0.1, 0.15) is 22.4 Å². The van der Waals surface area contributed by atoms with Crippen LogP contribution in [0.15, 0.2) is 146 Å². The lowest BCUT2D eigenvalue weighted by Crippen LogP contribution is -2.38. The lowest BCUT2D eigenvalue weighted by Gasteiger charge is -2.36. The minimum absolute atomic E-state index is 0.0784. The van der Waals surface area contributed by atoms with E-state index in [-0.39, 0.29) is 11.4 Å². The first kappa shape index (κ1) is 27.3. The summed E-state index contributed by atoms with van der Waals surface area (Å²) in [5.41, 5.74) is 2.10. The van der Waals surface area contributed by atoms with Gasteiger partial charge in [-0.25, -0.2) is 9.37 Å². The molecule has 0 aliphatic heterocycles. The molecule has 0 spiro atoms. The number of halogens is 4. The molecule has 4 aromatic carbocycles. The average Bonchev–Trinajstić information content (AvgIpc) is 3.69. The molecule has 3 aromatic heterocycles. The van der Waals surface area contributed by atoms with Gasteiger partial charge in [0.15, 0.2) is 5.69 Å². The van der Waals surface area contributed by atoms with Crippen LogP contribution in [0, 0.1) is 5.82 Å². The Labute approximate surface area is 250 Å². The standard InChI is InChI=1S/C36H24F4N4/c37-30-19-16-25(17-20-30)32-22-41-33-21-18-26(23-43(32)33)31-24-44(42-34(31)36(38,39)40)35(27-10-4-1-5-11-27,28-12-6-2-7-13-28)29-14-8-3-9-15-29/h1-24H. The lowest BCUT2D eigenvalue weighted by molar-refractivity contribution is -0.141. The van der Waals surface area contributed by atoms with Crippen molar-refractivity contribution < 1.29 is 17.6 Å². The molecule has 0 bridgehead atoms. The van der Waals surface area contributed by atoms with E-state index in [1.165, 1.54) is 23.0 Å². The molecule has 7 rings (SSSR count). The number of benzene rings is 4. The van der Waals surface area contributed by atoms with Crippen molar-refractivity contribution in [3.8, 4) is 22.4 Å². The molecule has 0 unspecified atom stereocenters. The normalized spacial score (nSPS) is 12.1. The van der Waals surface area contributed by atoms with Gasteiger partial charge in [0.2, 0.25) is 0 Å². The molecule has 216 valence electrons. The van der Waals surface area contributed by atoms with Gasteiger partial charge >= 0.3 is 6.18 Å². The first-order chi connectivity index (χ1) is 21.4. The summed E-state index contributed by atoms with van der Waals surface area (Å²) in [7, 11) is 0. The maximum Gasteiger partial charge on any atom is 0.435 e. The van der Waals surface area contributed by atoms with Gasteiger partial charge in [0.25, 0.3) is 0 Å². The van der Waals surface area contributed by atoms with E-state index in [1.807, 2.05) is 91.0 Å². The third kappa shape index (κ3) is 4.55. The third-order valence-corrected chi connectivity index (χ3v) is 7.86. The molecular weight excluding hydrogens is 564 g/mol. The van der Waals surface area contributed by atoms with Crippen molar-refractivity contribution in [2.75, 3.05) is 0 Å². The molecule has 3 heterocycles. The van der Waals surface area contributed by atoms with Crippen LogP contribution in [0.4, 0.5) is 17.6 Å². The van der Waals surface area contributed by atoms with Gasteiger partial charge in [0, 0.05) is 29.1 Å². The minimum Gasteiger partial charge on any atom is -0.299 e. The Hall–Kier alpha value is -5.50. The molecule has 0 radical (unpaired) electrons. The van der Waals surface area contributed by atoms with Gasteiger partial charge in [-0.2, -0.15) is 18.3 Å². The number of rotatable bonds is 6. The molecule has 0 saturated heterocycles. The summed E-state index contributed by atoms with van der Waals surface area (Å²) in [6.07, 6.45) is -0.0376. The van der Waals surface area contributed by atoms with E-state index in [2.05, 4.69) is 10.1 Å². The smallest absolute Gasteiger partial charge is 0.299 e. The van der Waals surface area contributed by atoms with E-state index in [4.69, 9.17) is 0 Å². The Morgan fingerprint density at radius 1 is 0.568 bits per heavy atom. The molecule has 0 fully saturated rings. The van der Waals surface area contributed by atoms with Crippen LogP contribution >= 0.6 is 0 Å². The molecule has 0 aliphatic carbocycles. The summed E-state index contributed by atoms with van der Waals surface area (Å²) < 4.78 is 61.3. The minimum atomic E-state index is -4.75. The van der Waals surface area contributed by atoms with Crippen LogP contribution in [0.25, 0.3) is 28.0 Å². The highest BCUT2D eigenvalue weighted by Gasteiger charge is 2.44. The maximum absolute atomic E-state index is 14.8. The predicted octanol–water partition coefficient (Wildman–Crippen LogP) is 8.86. The number of aromatic nitrogens is 4. The molecule has 0 amide bonds. The van der Waals surface area contributed by atoms with E-state index in [0.29, 0.717) is 22.5 Å². The molecule has 44 heavy (non-hydrogen) atoms. The van der Waals surface area contributed by atoms with E-state index in [0.717, 1.165) is 16.7 Å². The molecule has 0 aliphatic rings. The SMILES string of the molecule is Fc1ccc(-c2cnc3ccc(-c4cn(C(c5ccccc5)(c5ccccc5)c5ccccc5)nc4C(F)(F)F)cn23)cc1. The number of pyridine rings is 1. The van der Waals surface area contributed by atoms with Crippen molar-refractivity contribution in [2.45, 2.75) is 11.7 Å².